The molecule has 0 saturated carbocycles. The van der Waals surface area contributed by atoms with E-state index in [1.54, 1.807) is 0 Å². The molecule has 0 amide bonds. The summed E-state index contributed by atoms with van der Waals surface area (Å²) < 4.78 is 5.10. The number of nitrogen functional groups attached to an aromatic ring is 1. The normalized spacial score (nSPS) is 10.6. The van der Waals surface area contributed by atoms with Crippen LogP contribution in [0.3, 0.4) is 0 Å². The van der Waals surface area contributed by atoms with Crippen LogP contribution >= 0.6 is 0 Å². The van der Waals surface area contributed by atoms with Crippen LogP contribution in [0.25, 0.3) is 0 Å². The second kappa shape index (κ2) is 4.90. The summed E-state index contributed by atoms with van der Waals surface area (Å²) in [6.45, 7) is 4.07. The zero-order valence-corrected chi connectivity index (χ0v) is 8.47. The van der Waals surface area contributed by atoms with Crippen LogP contribution < -0.4 is 5.73 Å². The Bertz CT molecular complexity index is 255. The molecule has 0 fully saturated rings. The topological polar surface area (TPSA) is 52.0 Å². The maximum atomic E-state index is 5.76. The van der Waals surface area contributed by atoms with E-state index < -0.39 is 0 Å². The molecule has 1 rings (SSSR count). The quantitative estimate of drug-likeness (QED) is 0.712. The highest BCUT2D eigenvalue weighted by Crippen LogP contribution is 2.18. The number of nitrogens with two attached hydrogens (primary N) is 1. The Morgan fingerprint density at radius 1 is 1.31 bits per heavy atom. The van der Waals surface area contributed by atoms with Crippen molar-refractivity contribution in [3.8, 4) is 0 Å². The number of anilines is 1. The number of hydrogen-bond donors (Lipinski definition) is 1. The van der Waals surface area contributed by atoms with Crippen molar-refractivity contribution in [1.82, 2.24) is 5.16 Å². The predicted octanol–water partition coefficient (Wildman–Crippen LogP) is 2.69. The van der Waals surface area contributed by atoms with Gasteiger partial charge in [-0.1, -0.05) is 31.3 Å². The summed E-state index contributed by atoms with van der Waals surface area (Å²) in [6.07, 6.45) is 5.85. The molecule has 1 aromatic rings. The van der Waals surface area contributed by atoms with Gasteiger partial charge in [-0.15, -0.1) is 0 Å². The molecule has 0 aliphatic carbocycles. The number of aromatic nitrogens is 1. The minimum absolute atomic E-state index is 0.733. The Hall–Kier alpha value is -0.990. The van der Waals surface area contributed by atoms with Crippen molar-refractivity contribution in [3.63, 3.8) is 0 Å². The standard InChI is InChI=1S/C10H18N2O/c1-3-4-5-6-7-9-10(11)8(2)12-13-9/h3-7,11H2,1-2H3. The summed E-state index contributed by atoms with van der Waals surface area (Å²) in [7, 11) is 0. The number of rotatable bonds is 5. The van der Waals surface area contributed by atoms with Gasteiger partial charge in [0.25, 0.3) is 0 Å². The Morgan fingerprint density at radius 2 is 2.08 bits per heavy atom. The fourth-order valence-corrected chi connectivity index (χ4v) is 1.32. The SMILES string of the molecule is CCCCCCc1onc(C)c1N. The smallest absolute Gasteiger partial charge is 0.159 e. The van der Waals surface area contributed by atoms with Crippen molar-refractivity contribution in [3.05, 3.63) is 11.5 Å². The molecule has 13 heavy (non-hydrogen) atoms. The summed E-state index contributed by atoms with van der Waals surface area (Å²) in [5.41, 5.74) is 7.30. The van der Waals surface area contributed by atoms with Gasteiger partial charge in [0.1, 0.15) is 5.69 Å². The monoisotopic (exact) mass is 182 g/mol. The first-order valence-corrected chi connectivity index (χ1v) is 4.96. The third-order valence-electron chi connectivity index (χ3n) is 2.24. The third-order valence-corrected chi connectivity index (χ3v) is 2.24. The van der Waals surface area contributed by atoms with E-state index in [-0.39, 0.29) is 0 Å². The zero-order valence-electron chi connectivity index (χ0n) is 8.47. The molecule has 0 unspecified atom stereocenters. The maximum absolute atomic E-state index is 5.76. The van der Waals surface area contributed by atoms with Crippen LogP contribution in [0.2, 0.25) is 0 Å². The van der Waals surface area contributed by atoms with Crippen molar-refractivity contribution in [2.45, 2.75) is 46.0 Å². The van der Waals surface area contributed by atoms with Crippen LogP contribution in [0.15, 0.2) is 4.52 Å². The zero-order chi connectivity index (χ0) is 9.68. The Kier molecular flexibility index (Phi) is 3.80. The molecule has 0 aliphatic rings. The van der Waals surface area contributed by atoms with Gasteiger partial charge < -0.3 is 10.3 Å². The first kappa shape index (κ1) is 10.1. The van der Waals surface area contributed by atoms with E-state index in [0.29, 0.717) is 0 Å². The van der Waals surface area contributed by atoms with E-state index in [1.165, 1.54) is 19.3 Å². The molecule has 0 aromatic carbocycles. The molecule has 0 aliphatic heterocycles. The maximum Gasteiger partial charge on any atom is 0.159 e. The molecule has 0 radical (unpaired) electrons. The van der Waals surface area contributed by atoms with Crippen LogP contribution in [-0.2, 0) is 6.42 Å². The number of unbranched alkanes of at least 4 members (excludes halogenated alkanes) is 3. The average Bonchev–Trinajstić information content (AvgIpc) is 2.43. The predicted molar refractivity (Wildman–Crippen MR) is 53.5 cm³/mol. The van der Waals surface area contributed by atoms with Crippen molar-refractivity contribution in [2.75, 3.05) is 5.73 Å². The highest BCUT2D eigenvalue weighted by Gasteiger charge is 2.07. The highest BCUT2D eigenvalue weighted by molar-refractivity contribution is 5.45. The molecule has 1 aromatic heterocycles. The summed E-state index contributed by atoms with van der Waals surface area (Å²) in [4.78, 5) is 0. The van der Waals surface area contributed by atoms with E-state index >= 15 is 0 Å². The lowest BCUT2D eigenvalue weighted by Gasteiger charge is -1.96. The van der Waals surface area contributed by atoms with Crippen LogP contribution in [-0.4, -0.2) is 5.16 Å². The highest BCUT2D eigenvalue weighted by atomic mass is 16.5. The van der Waals surface area contributed by atoms with E-state index in [4.69, 9.17) is 10.3 Å². The molecule has 0 saturated heterocycles. The van der Waals surface area contributed by atoms with Crippen LogP contribution in [0.4, 0.5) is 5.69 Å². The Labute approximate surface area is 79.3 Å². The number of hydrogen-bond acceptors (Lipinski definition) is 3. The molecule has 0 atom stereocenters. The Balaban J connectivity index is 2.32. The molecule has 3 nitrogen and oxygen atoms in total. The molecule has 0 bridgehead atoms. The lowest BCUT2D eigenvalue weighted by atomic mass is 10.1. The summed E-state index contributed by atoms with van der Waals surface area (Å²) in [5.74, 6) is 0.855. The van der Waals surface area contributed by atoms with Crippen molar-refractivity contribution in [1.29, 1.82) is 0 Å². The fourth-order valence-electron chi connectivity index (χ4n) is 1.32. The largest absolute Gasteiger partial charge is 0.394 e. The van der Waals surface area contributed by atoms with Crippen molar-refractivity contribution in [2.24, 2.45) is 0 Å². The van der Waals surface area contributed by atoms with Gasteiger partial charge in [-0.05, 0) is 13.3 Å². The minimum Gasteiger partial charge on any atom is -0.394 e. The van der Waals surface area contributed by atoms with E-state index in [1.807, 2.05) is 6.92 Å². The van der Waals surface area contributed by atoms with Gasteiger partial charge in [-0.2, -0.15) is 0 Å². The van der Waals surface area contributed by atoms with Gasteiger partial charge in [-0.3, -0.25) is 0 Å². The van der Waals surface area contributed by atoms with Crippen LogP contribution in [0, 0.1) is 6.92 Å². The van der Waals surface area contributed by atoms with Gasteiger partial charge in [-0.25, -0.2) is 0 Å². The van der Waals surface area contributed by atoms with Gasteiger partial charge in [0.15, 0.2) is 5.76 Å². The fraction of sp³-hybridized carbons (Fsp3) is 0.700. The molecular weight excluding hydrogens is 164 g/mol. The van der Waals surface area contributed by atoms with E-state index in [2.05, 4.69) is 12.1 Å². The molecular formula is C10H18N2O. The molecule has 3 heteroatoms. The summed E-state index contributed by atoms with van der Waals surface area (Å²) in [5, 5.41) is 3.82. The minimum atomic E-state index is 0.733. The Morgan fingerprint density at radius 3 is 2.62 bits per heavy atom. The lowest BCUT2D eigenvalue weighted by molar-refractivity contribution is 0.376. The van der Waals surface area contributed by atoms with E-state index in [0.717, 1.165) is 30.0 Å². The van der Waals surface area contributed by atoms with Gasteiger partial charge in [0, 0.05) is 6.42 Å². The van der Waals surface area contributed by atoms with E-state index in [9.17, 15) is 0 Å². The molecule has 2 N–H and O–H groups in total. The van der Waals surface area contributed by atoms with Gasteiger partial charge in [0.2, 0.25) is 0 Å². The molecule has 1 heterocycles. The first-order chi connectivity index (χ1) is 6.25. The third kappa shape index (κ3) is 2.76. The van der Waals surface area contributed by atoms with Crippen molar-refractivity contribution >= 4 is 5.69 Å². The number of aryl methyl sites for hydroxylation is 2. The second-order valence-electron chi connectivity index (χ2n) is 3.42. The molecule has 0 spiro atoms. The van der Waals surface area contributed by atoms with Gasteiger partial charge >= 0.3 is 0 Å². The average molecular weight is 182 g/mol. The number of nitrogens with zero attached hydrogens (tertiary/aromatic N) is 1. The van der Waals surface area contributed by atoms with Crippen LogP contribution in [0.1, 0.15) is 44.1 Å². The summed E-state index contributed by atoms with van der Waals surface area (Å²) >= 11 is 0. The van der Waals surface area contributed by atoms with Crippen LogP contribution in [0.5, 0.6) is 0 Å². The first-order valence-electron chi connectivity index (χ1n) is 4.96. The molecule has 74 valence electrons. The summed E-state index contributed by atoms with van der Waals surface area (Å²) in [6, 6.07) is 0. The van der Waals surface area contributed by atoms with Crippen molar-refractivity contribution < 1.29 is 4.52 Å². The second-order valence-corrected chi connectivity index (χ2v) is 3.42. The lowest BCUT2D eigenvalue weighted by Crippen LogP contribution is -1.91. The van der Waals surface area contributed by atoms with Gasteiger partial charge in [0.05, 0.1) is 5.69 Å².